The van der Waals surface area contributed by atoms with E-state index in [0.717, 1.165) is 65.0 Å². The summed E-state index contributed by atoms with van der Waals surface area (Å²) in [5, 5.41) is 0. The Hall–Kier alpha value is -3.73. The van der Waals surface area contributed by atoms with Crippen molar-refractivity contribution in [2.45, 2.75) is 6.42 Å². The molecule has 0 saturated carbocycles. The Morgan fingerprint density at radius 3 is 2.13 bits per heavy atom. The van der Waals surface area contributed by atoms with Gasteiger partial charge >= 0.3 is 0 Å². The predicted molar refractivity (Wildman–Crippen MR) is 126 cm³/mol. The number of rotatable bonds is 5. The molecule has 2 aliphatic rings. The number of guanidine groups is 1. The molecule has 0 aliphatic carbocycles. The average molecular weight is 412 g/mol. The molecule has 0 amide bonds. The summed E-state index contributed by atoms with van der Waals surface area (Å²) in [6.45, 7) is 1.78. The number of benzene rings is 3. The van der Waals surface area contributed by atoms with Crippen LogP contribution >= 0.6 is 0 Å². The first kappa shape index (κ1) is 19.2. The second-order valence-electron chi connectivity index (χ2n) is 7.52. The quantitative estimate of drug-likeness (QED) is 0.575. The number of methoxy groups -OCH3 is 2. The van der Waals surface area contributed by atoms with Gasteiger partial charge in [0.25, 0.3) is 0 Å². The Morgan fingerprint density at radius 2 is 1.42 bits per heavy atom. The first-order valence-corrected chi connectivity index (χ1v) is 10.5. The van der Waals surface area contributed by atoms with Gasteiger partial charge in [0.15, 0.2) is 0 Å². The fourth-order valence-electron chi connectivity index (χ4n) is 4.22. The van der Waals surface area contributed by atoms with Gasteiger partial charge in [-0.2, -0.15) is 0 Å². The zero-order chi connectivity index (χ0) is 21.2. The molecule has 0 fully saturated rings. The molecule has 0 spiro atoms. The highest BCUT2D eigenvalue weighted by molar-refractivity contribution is 6.08. The van der Waals surface area contributed by atoms with Crippen molar-refractivity contribution < 1.29 is 9.47 Å². The number of hydrogen-bond acceptors (Lipinski definition) is 5. The maximum atomic E-state index is 5.63. The minimum absolute atomic E-state index is 0.842. The molecule has 0 aromatic heterocycles. The van der Waals surface area contributed by atoms with Gasteiger partial charge in [-0.1, -0.05) is 42.5 Å². The van der Waals surface area contributed by atoms with Crippen LogP contribution < -0.4 is 14.4 Å². The minimum Gasteiger partial charge on any atom is -0.496 e. The second kappa shape index (κ2) is 8.19. The predicted octanol–water partition coefficient (Wildman–Crippen LogP) is 5.25. The maximum absolute atomic E-state index is 5.63. The van der Waals surface area contributed by atoms with Crippen molar-refractivity contribution in [3.8, 4) is 22.6 Å². The molecule has 156 valence electrons. The van der Waals surface area contributed by atoms with Crippen molar-refractivity contribution in [3.05, 3.63) is 84.6 Å². The molecular formula is C26H25N3O2. The number of para-hydroxylation sites is 2. The normalized spacial score (nSPS) is 15.3. The Balaban J connectivity index is 1.53. The molecule has 3 aromatic rings. The smallest absolute Gasteiger partial charge is 0.210 e. The van der Waals surface area contributed by atoms with E-state index in [1.54, 1.807) is 14.2 Å². The van der Waals surface area contributed by atoms with Crippen LogP contribution in [0.3, 0.4) is 0 Å². The Bertz CT molecular complexity index is 1150. The first-order valence-electron chi connectivity index (χ1n) is 10.5. The van der Waals surface area contributed by atoms with Crippen LogP contribution in [0, 0.1) is 0 Å². The zero-order valence-electron chi connectivity index (χ0n) is 17.8. The van der Waals surface area contributed by atoms with Crippen molar-refractivity contribution in [2.75, 3.05) is 32.2 Å². The molecule has 3 aromatic carbocycles. The van der Waals surface area contributed by atoms with Gasteiger partial charge in [-0.3, -0.25) is 9.89 Å². The first-order chi connectivity index (χ1) is 15.3. The summed E-state index contributed by atoms with van der Waals surface area (Å²) in [7, 11) is 3.42. The lowest BCUT2D eigenvalue weighted by Gasteiger charge is -2.29. The van der Waals surface area contributed by atoms with Crippen molar-refractivity contribution in [2.24, 2.45) is 4.99 Å². The molecule has 5 nitrogen and oxygen atoms in total. The van der Waals surface area contributed by atoms with E-state index >= 15 is 0 Å². The van der Waals surface area contributed by atoms with Gasteiger partial charge < -0.3 is 14.4 Å². The van der Waals surface area contributed by atoms with Gasteiger partial charge in [0.05, 0.1) is 19.9 Å². The topological polar surface area (TPSA) is 37.3 Å². The van der Waals surface area contributed by atoms with Gasteiger partial charge in [0.1, 0.15) is 11.5 Å². The third kappa shape index (κ3) is 3.42. The number of hydrogen-bond donors (Lipinski definition) is 0. The monoisotopic (exact) mass is 411 g/mol. The molecule has 0 atom stereocenters. The second-order valence-corrected chi connectivity index (χ2v) is 7.52. The van der Waals surface area contributed by atoms with Crippen molar-refractivity contribution in [3.63, 3.8) is 0 Å². The number of ether oxygens (including phenoxy) is 2. The highest BCUT2D eigenvalue weighted by Crippen LogP contribution is 2.37. The van der Waals surface area contributed by atoms with E-state index in [0.29, 0.717) is 0 Å². The lowest BCUT2D eigenvalue weighted by molar-refractivity contribution is 0.411. The lowest BCUT2D eigenvalue weighted by Crippen LogP contribution is -2.38. The molecule has 0 N–H and O–H groups in total. The van der Waals surface area contributed by atoms with Crippen LogP contribution in [0.15, 0.2) is 84.0 Å². The van der Waals surface area contributed by atoms with Gasteiger partial charge in [0, 0.05) is 36.1 Å². The van der Waals surface area contributed by atoms with Crippen LogP contribution in [0.25, 0.3) is 16.8 Å². The van der Waals surface area contributed by atoms with E-state index in [2.05, 4.69) is 52.4 Å². The van der Waals surface area contributed by atoms with E-state index < -0.39 is 0 Å². The molecule has 2 heterocycles. The van der Waals surface area contributed by atoms with E-state index in [1.807, 2.05) is 36.4 Å². The molecular weight excluding hydrogens is 386 g/mol. The Morgan fingerprint density at radius 1 is 0.774 bits per heavy atom. The highest BCUT2D eigenvalue weighted by atomic mass is 16.5. The van der Waals surface area contributed by atoms with Gasteiger partial charge in [0.2, 0.25) is 5.96 Å². The molecule has 0 unspecified atom stereocenters. The van der Waals surface area contributed by atoms with Crippen molar-refractivity contribution in [1.29, 1.82) is 0 Å². The van der Waals surface area contributed by atoms with Crippen LogP contribution in [-0.4, -0.2) is 38.2 Å². The molecule has 2 aliphatic heterocycles. The molecule has 0 radical (unpaired) electrons. The number of anilines is 1. The number of aliphatic imine (C=N–C) groups is 1. The van der Waals surface area contributed by atoms with Crippen LogP contribution in [0.5, 0.6) is 11.5 Å². The highest BCUT2D eigenvalue weighted by Gasteiger charge is 2.33. The van der Waals surface area contributed by atoms with Crippen LogP contribution in [0.1, 0.15) is 12.0 Å². The summed E-state index contributed by atoms with van der Waals surface area (Å²) in [5.74, 6) is 2.71. The minimum atomic E-state index is 0.842. The largest absolute Gasteiger partial charge is 0.496 e. The van der Waals surface area contributed by atoms with E-state index in [4.69, 9.17) is 14.5 Å². The van der Waals surface area contributed by atoms with Crippen LogP contribution in [0.2, 0.25) is 0 Å². The zero-order valence-corrected chi connectivity index (χ0v) is 17.8. The van der Waals surface area contributed by atoms with Crippen LogP contribution in [-0.2, 0) is 0 Å². The Labute approximate surface area is 182 Å². The van der Waals surface area contributed by atoms with Gasteiger partial charge in [-0.25, -0.2) is 0 Å². The number of fused-ring (bicyclic) bond motifs is 1. The average Bonchev–Trinajstić information content (AvgIpc) is 3.23. The van der Waals surface area contributed by atoms with Gasteiger partial charge in [-0.15, -0.1) is 0 Å². The fourth-order valence-corrected chi connectivity index (χ4v) is 4.22. The molecule has 5 heteroatoms. The van der Waals surface area contributed by atoms with Crippen molar-refractivity contribution >= 4 is 17.3 Å². The fraction of sp³-hybridized carbons (Fsp3) is 0.192. The molecule has 5 rings (SSSR count). The Kier molecular flexibility index (Phi) is 5.08. The third-order valence-electron chi connectivity index (χ3n) is 5.74. The number of nitrogens with zero attached hydrogens (tertiary/aromatic N) is 3. The van der Waals surface area contributed by atoms with Crippen LogP contribution in [0.4, 0.5) is 5.69 Å². The SMILES string of the molecule is COc1ccccc1C1=CN(c2ccc(-c3ccccc3OC)cc2)C2=NCCCN12. The molecule has 31 heavy (non-hydrogen) atoms. The third-order valence-corrected chi connectivity index (χ3v) is 5.74. The summed E-state index contributed by atoms with van der Waals surface area (Å²) < 4.78 is 11.2. The van der Waals surface area contributed by atoms with E-state index in [9.17, 15) is 0 Å². The summed E-state index contributed by atoms with van der Waals surface area (Å²) in [4.78, 5) is 9.30. The van der Waals surface area contributed by atoms with Gasteiger partial charge in [-0.05, 0) is 42.3 Å². The summed E-state index contributed by atoms with van der Waals surface area (Å²) in [6, 6.07) is 24.8. The van der Waals surface area contributed by atoms with E-state index in [1.165, 1.54) is 0 Å². The summed E-state index contributed by atoms with van der Waals surface area (Å²) in [5.41, 5.74) is 5.48. The maximum Gasteiger partial charge on any atom is 0.210 e. The summed E-state index contributed by atoms with van der Waals surface area (Å²) in [6.07, 6.45) is 3.21. The lowest BCUT2D eigenvalue weighted by atomic mass is 10.0. The summed E-state index contributed by atoms with van der Waals surface area (Å²) >= 11 is 0. The molecule has 0 saturated heterocycles. The molecule has 0 bridgehead atoms. The standard InChI is InChI=1S/C26H25N3O2/c1-30-24-10-5-3-8-21(24)19-12-14-20(15-13-19)29-18-23(28-17-7-16-27-26(28)29)22-9-4-6-11-25(22)31-2/h3-6,8-15,18H,7,16-17H2,1-2H3. The van der Waals surface area contributed by atoms with Crippen molar-refractivity contribution in [1.82, 2.24) is 4.90 Å². The van der Waals surface area contributed by atoms with E-state index in [-0.39, 0.29) is 0 Å².